The summed E-state index contributed by atoms with van der Waals surface area (Å²) in [6, 6.07) is 11.9. The van der Waals surface area contributed by atoms with Gasteiger partial charge in [0, 0.05) is 50.1 Å². The van der Waals surface area contributed by atoms with E-state index in [0.717, 1.165) is 38.0 Å². The third-order valence-electron chi connectivity index (χ3n) is 8.47. The number of carbonyl (C=O) groups excluding carboxylic acids is 2. The van der Waals surface area contributed by atoms with Gasteiger partial charge in [0.15, 0.2) is 0 Å². The molecule has 45 heavy (non-hydrogen) atoms. The SMILES string of the molecule is CCN(CC)CCCCC(c1ccccc1C(F)(F)F)N1CCN(C(=O)[C@@H](Cc2ccc(Cl)cc2)NC(=O)CC(C)(C)C)CC1. The van der Waals surface area contributed by atoms with Crippen molar-refractivity contribution in [3.8, 4) is 0 Å². The van der Waals surface area contributed by atoms with Crippen LogP contribution in [0, 0.1) is 5.41 Å². The summed E-state index contributed by atoms with van der Waals surface area (Å²) in [5, 5.41) is 3.55. The molecule has 3 rings (SSSR count). The number of hydrogen-bond acceptors (Lipinski definition) is 4. The number of nitrogens with zero attached hydrogens (tertiary/aromatic N) is 3. The Kier molecular flexibility index (Phi) is 13.8. The third kappa shape index (κ3) is 11.6. The van der Waals surface area contributed by atoms with Crippen molar-refractivity contribution >= 4 is 23.4 Å². The van der Waals surface area contributed by atoms with Crippen LogP contribution in [-0.4, -0.2) is 78.4 Å². The quantitative estimate of drug-likeness (QED) is 0.220. The Morgan fingerprint density at radius 2 is 1.56 bits per heavy atom. The molecule has 1 unspecified atom stereocenters. The molecule has 1 heterocycles. The van der Waals surface area contributed by atoms with Gasteiger partial charge >= 0.3 is 6.18 Å². The number of amides is 2. The molecule has 2 amide bonds. The summed E-state index contributed by atoms with van der Waals surface area (Å²) >= 11 is 6.06. The summed E-state index contributed by atoms with van der Waals surface area (Å²) in [4.78, 5) is 32.9. The van der Waals surface area contributed by atoms with E-state index in [1.54, 1.807) is 29.2 Å². The van der Waals surface area contributed by atoms with Crippen molar-refractivity contribution in [3.05, 3.63) is 70.2 Å². The zero-order valence-electron chi connectivity index (χ0n) is 27.4. The lowest BCUT2D eigenvalue weighted by Crippen LogP contribution is -2.56. The topological polar surface area (TPSA) is 55.9 Å². The third-order valence-corrected chi connectivity index (χ3v) is 8.72. The molecule has 2 atom stereocenters. The van der Waals surface area contributed by atoms with E-state index < -0.39 is 23.8 Å². The zero-order valence-corrected chi connectivity index (χ0v) is 28.2. The average Bonchev–Trinajstić information content (AvgIpc) is 2.98. The smallest absolute Gasteiger partial charge is 0.344 e. The highest BCUT2D eigenvalue weighted by molar-refractivity contribution is 6.30. The van der Waals surface area contributed by atoms with Gasteiger partial charge in [-0.05, 0) is 67.2 Å². The predicted octanol–water partition coefficient (Wildman–Crippen LogP) is 7.22. The molecule has 0 saturated carbocycles. The van der Waals surface area contributed by atoms with E-state index in [9.17, 15) is 22.8 Å². The van der Waals surface area contributed by atoms with Gasteiger partial charge in [-0.1, -0.05) is 83.0 Å². The fourth-order valence-corrected chi connectivity index (χ4v) is 6.18. The summed E-state index contributed by atoms with van der Waals surface area (Å²) in [5.74, 6) is -0.375. The van der Waals surface area contributed by atoms with Crippen LogP contribution in [0.25, 0.3) is 0 Å². The van der Waals surface area contributed by atoms with Crippen LogP contribution in [0.3, 0.4) is 0 Å². The molecule has 6 nitrogen and oxygen atoms in total. The summed E-state index contributed by atoms with van der Waals surface area (Å²) < 4.78 is 42.3. The highest BCUT2D eigenvalue weighted by atomic mass is 35.5. The van der Waals surface area contributed by atoms with Crippen molar-refractivity contribution in [3.63, 3.8) is 0 Å². The molecule has 250 valence electrons. The van der Waals surface area contributed by atoms with Crippen LogP contribution in [0.5, 0.6) is 0 Å². The van der Waals surface area contributed by atoms with Crippen LogP contribution in [0.4, 0.5) is 13.2 Å². The van der Waals surface area contributed by atoms with E-state index in [0.29, 0.717) is 49.6 Å². The van der Waals surface area contributed by atoms with Crippen LogP contribution in [0.2, 0.25) is 5.02 Å². The van der Waals surface area contributed by atoms with E-state index in [4.69, 9.17) is 11.6 Å². The molecule has 1 aliphatic rings. The minimum absolute atomic E-state index is 0.182. The molecular weight excluding hydrogens is 601 g/mol. The number of rotatable bonds is 14. The van der Waals surface area contributed by atoms with E-state index in [1.165, 1.54) is 12.1 Å². The molecule has 0 aliphatic carbocycles. The molecule has 1 fully saturated rings. The normalized spacial score (nSPS) is 16.1. The molecule has 1 N–H and O–H groups in total. The van der Waals surface area contributed by atoms with Gasteiger partial charge < -0.3 is 15.1 Å². The monoisotopic (exact) mass is 650 g/mol. The molecule has 2 aromatic rings. The Labute approximate surface area is 272 Å². The Morgan fingerprint density at radius 1 is 0.933 bits per heavy atom. The van der Waals surface area contributed by atoms with E-state index in [1.807, 2.05) is 32.9 Å². The molecule has 2 aromatic carbocycles. The second-order valence-electron chi connectivity index (χ2n) is 13.2. The zero-order chi connectivity index (χ0) is 33.2. The predicted molar refractivity (Wildman–Crippen MR) is 175 cm³/mol. The Hall–Kier alpha value is -2.62. The number of hydrogen-bond donors (Lipinski definition) is 1. The van der Waals surface area contributed by atoms with Gasteiger partial charge in [-0.15, -0.1) is 0 Å². The summed E-state index contributed by atoms with van der Waals surface area (Å²) in [6.07, 6.45) is -1.54. The van der Waals surface area contributed by atoms with Crippen molar-refractivity contribution in [2.75, 3.05) is 45.8 Å². The number of unbranched alkanes of at least 4 members (excludes halogenated alkanes) is 1. The lowest BCUT2D eigenvalue weighted by Gasteiger charge is -2.41. The first-order valence-corrected chi connectivity index (χ1v) is 16.5. The van der Waals surface area contributed by atoms with E-state index in [2.05, 4.69) is 29.0 Å². The van der Waals surface area contributed by atoms with Crippen LogP contribution in [-0.2, 0) is 22.2 Å². The van der Waals surface area contributed by atoms with Gasteiger partial charge in [-0.3, -0.25) is 14.5 Å². The maximum absolute atomic E-state index is 14.1. The Morgan fingerprint density at radius 3 is 2.13 bits per heavy atom. The molecule has 1 aliphatic heterocycles. The number of halogens is 4. The van der Waals surface area contributed by atoms with Crippen molar-refractivity contribution in [1.82, 2.24) is 20.0 Å². The van der Waals surface area contributed by atoms with Crippen molar-refractivity contribution in [2.45, 2.75) is 85.0 Å². The lowest BCUT2D eigenvalue weighted by molar-refractivity contribution is -0.139. The number of carbonyl (C=O) groups is 2. The van der Waals surface area contributed by atoms with Crippen molar-refractivity contribution in [1.29, 1.82) is 0 Å². The maximum Gasteiger partial charge on any atom is 0.416 e. The number of piperazine rings is 1. The Balaban J connectivity index is 1.76. The number of nitrogens with one attached hydrogen (secondary N) is 1. The second kappa shape index (κ2) is 16.8. The maximum atomic E-state index is 14.1. The summed E-state index contributed by atoms with van der Waals surface area (Å²) in [7, 11) is 0. The van der Waals surface area contributed by atoms with Crippen LogP contribution < -0.4 is 5.32 Å². The van der Waals surface area contributed by atoms with Crippen LogP contribution in [0.1, 0.15) is 83.0 Å². The summed E-state index contributed by atoms with van der Waals surface area (Å²) in [5.41, 5.74) is 0.335. The highest BCUT2D eigenvalue weighted by Gasteiger charge is 2.38. The molecule has 0 radical (unpaired) electrons. The van der Waals surface area contributed by atoms with Gasteiger partial charge in [0.25, 0.3) is 0 Å². The van der Waals surface area contributed by atoms with Gasteiger partial charge in [0.2, 0.25) is 11.8 Å². The first kappa shape index (κ1) is 36.8. The minimum Gasteiger partial charge on any atom is -0.344 e. The van der Waals surface area contributed by atoms with E-state index in [-0.39, 0.29) is 23.7 Å². The molecule has 0 aromatic heterocycles. The largest absolute Gasteiger partial charge is 0.416 e. The number of benzene rings is 2. The summed E-state index contributed by atoms with van der Waals surface area (Å²) in [6.45, 7) is 14.6. The lowest BCUT2D eigenvalue weighted by atomic mass is 9.91. The molecule has 1 saturated heterocycles. The Bertz CT molecular complexity index is 1220. The minimum atomic E-state index is -4.45. The first-order chi connectivity index (χ1) is 21.2. The van der Waals surface area contributed by atoms with E-state index >= 15 is 0 Å². The van der Waals surface area contributed by atoms with Crippen molar-refractivity contribution < 1.29 is 22.8 Å². The molecule has 10 heteroatoms. The van der Waals surface area contributed by atoms with Gasteiger partial charge in [-0.2, -0.15) is 13.2 Å². The van der Waals surface area contributed by atoms with Crippen LogP contribution in [0.15, 0.2) is 48.5 Å². The first-order valence-electron chi connectivity index (χ1n) is 16.2. The number of alkyl halides is 3. The van der Waals surface area contributed by atoms with Gasteiger partial charge in [0.1, 0.15) is 6.04 Å². The highest BCUT2D eigenvalue weighted by Crippen LogP contribution is 2.38. The van der Waals surface area contributed by atoms with Crippen LogP contribution >= 0.6 is 11.6 Å². The average molecular weight is 651 g/mol. The molecular formula is C35H50ClF3N4O2. The van der Waals surface area contributed by atoms with Gasteiger partial charge in [-0.25, -0.2) is 0 Å². The second-order valence-corrected chi connectivity index (χ2v) is 13.6. The molecule has 0 spiro atoms. The standard InChI is InChI=1S/C35H50ClF3N4O2/c1-6-41(7-2)19-11-10-14-31(28-12-8-9-13-29(28)35(37,38)39)42-20-22-43(23-21-42)33(45)30(40-32(44)25-34(3,4)5)24-26-15-17-27(36)18-16-26/h8-9,12-13,15-18,30-31H,6-7,10-11,14,19-25H2,1-5H3,(H,40,44)/t30-,31?/m1/s1. The van der Waals surface area contributed by atoms with Gasteiger partial charge in [0.05, 0.1) is 5.56 Å². The molecule has 0 bridgehead atoms. The fourth-order valence-electron chi connectivity index (χ4n) is 6.05. The van der Waals surface area contributed by atoms with Crippen molar-refractivity contribution in [2.24, 2.45) is 5.41 Å². The fraction of sp³-hybridized carbons (Fsp3) is 0.600.